The van der Waals surface area contributed by atoms with Crippen molar-refractivity contribution >= 4 is 0 Å². The molecule has 4 heteroatoms. The SMILES string of the molecule is [2H]c1c([2H])c([2H])c(-c2cnc(-c3[c-]cc(-c4ccccc4C4CC(c5ccccc5-c5c[c-]c(-c6cc(C(C)(C)C)ccn6)cc5)CC(c5ccccc5-c5c[c-]c(-c6cc(C(C)(C)C)ccn6)cc5)C4)cc3)cc2C([2H])([2H])[2H])c([2H])c1[2H].[Ir+3]. The predicted molar refractivity (Wildman–Crippen MR) is 311 cm³/mol. The summed E-state index contributed by atoms with van der Waals surface area (Å²) in [5.41, 5.74) is 17.1. The van der Waals surface area contributed by atoms with E-state index in [0.717, 1.165) is 64.0 Å². The van der Waals surface area contributed by atoms with E-state index in [4.69, 9.17) is 20.9 Å². The molecule has 10 aromatic rings. The number of aryl methyl sites for hydroxylation is 1. The van der Waals surface area contributed by atoms with Gasteiger partial charge in [-0.3, -0.25) is 0 Å². The molecule has 0 saturated heterocycles. The fraction of sp³-hybridized carbons (Fsp3) is 0.208. The third-order valence-electron chi connectivity index (χ3n) is 15.0. The van der Waals surface area contributed by atoms with Crippen molar-refractivity contribution in [3.05, 3.63) is 258 Å². The third kappa shape index (κ3) is 11.1. The predicted octanol–water partition coefficient (Wildman–Crippen LogP) is 18.7. The molecule has 1 saturated carbocycles. The average molecular weight is 1170 g/mol. The van der Waals surface area contributed by atoms with E-state index in [2.05, 4.69) is 198 Å². The van der Waals surface area contributed by atoms with Crippen LogP contribution in [0.1, 0.15) is 123 Å². The number of aromatic nitrogens is 3. The van der Waals surface area contributed by atoms with E-state index >= 15 is 0 Å². The van der Waals surface area contributed by atoms with Crippen LogP contribution in [-0.4, -0.2) is 15.0 Å². The summed E-state index contributed by atoms with van der Waals surface area (Å²) in [7, 11) is 0. The zero-order chi connectivity index (χ0) is 58.5. The molecule has 11 rings (SSSR count). The molecular formula is C72H64IrN3. The molecule has 0 bridgehead atoms. The van der Waals surface area contributed by atoms with Crippen LogP contribution in [0.4, 0.5) is 0 Å². The van der Waals surface area contributed by atoms with Crippen LogP contribution in [-0.2, 0) is 30.9 Å². The molecule has 3 nitrogen and oxygen atoms in total. The molecule has 0 aliphatic heterocycles. The van der Waals surface area contributed by atoms with Crippen molar-refractivity contribution in [1.29, 1.82) is 0 Å². The Bertz CT molecular complexity index is 3850. The van der Waals surface area contributed by atoms with Crippen LogP contribution in [0.2, 0.25) is 0 Å². The van der Waals surface area contributed by atoms with E-state index in [-0.39, 0.29) is 65.4 Å². The summed E-state index contributed by atoms with van der Waals surface area (Å²) in [6.07, 6.45) is 7.83. The Kier molecular flexibility index (Phi) is 12.4. The van der Waals surface area contributed by atoms with E-state index in [1.807, 2.05) is 30.6 Å². The second-order valence-electron chi connectivity index (χ2n) is 22.0. The molecule has 3 aromatic heterocycles. The van der Waals surface area contributed by atoms with Crippen molar-refractivity contribution in [1.82, 2.24) is 15.0 Å². The summed E-state index contributed by atoms with van der Waals surface area (Å²) < 4.78 is 67.2. The zero-order valence-corrected chi connectivity index (χ0v) is 46.2. The second-order valence-corrected chi connectivity index (χ2v) is 22.0. The van der Waals surface area contributed by atoms with Gasteiger partial charge in [0.25, 0.3) is 0 Å². The van der Waals surface area contributed by atoms with Crippen molar-refractivity contribution in [3.8, 4) is 78.3 Å². The van der Waals surface area contributed by atoms with Gasteiger partial charge in [0.15, 0.2) is 0 Å². The summed E-state index contributed by atoms with van der Waals surface area (Å²) >= 11 is 0. The van der Waals surface area contributed by atoms with Crippen LogP contribution in [0, 0.1) is 25.1 Å². The molecule has 7 aromatic carbocycles. The number of benzene rings is 7. The van der Waals surface area contributed by atoms with Crippen LogP contribution in [0.5, 0.6) is 0 Å². The summed E-state index contributed by atoms with van der Waals surface area (Å²) in [6.45, 7) is 10.6. The first kappa shape index (κ1) is 42.8. The van der Waals surface area contributed by atoms with E-state index in [1.54, 1.807) is 0 Å². The minimum atomic E-state index is -2.69. The number of nitrogens with zero attached hydrogens (tertiary/aromatic N) is 3. The normalized spacial score (nSPS) is 17.4. The van der Waals surface area contributed by atoms with Gasteiger partial charge in [0.1, 0.15) is 0 Å². The van der Waals surface area contributed by atoms with Crippen LogP contribution < -0.4 is 0 Å². The van der Waals surface area contributed by atoms with Crippen LogP contribution >= 0.6 is 0 Å². The molecule has 1 fully saturated rings. The van der Waals surface area contributed by atoms with E-state index in [9.17, 15) is 0 Å². The Morgan fingerprint density at radius 3 is 1.21 bits per heavy atom. The minimum absolute atomic E-state index is 0. The Morgan fingerprint density at radius 1 is 0.447 bits per heavy atom. The maximum absolute atomic E-state index is 8.59. The fourth-order valence-electron chi connectivity index (χ4n) is 11.0. The number of hydrogen-bond donors (Lipinski definition) is 0. The summed E-state index contributed by atoms with van der Waals surface area (Å²) in [6, 6.07) is 63.1. The summed E-state index contributed by atoms with van der Waals surface area (Å²) in [5.74, 6) is 0.487. The summed E-state index contributed by atoms with van der Waals surface area (Å²) in [5, 5.41) is 0. The largest absolute Gasteiger partial charge is 3.00 e. The van der Waals surface area contributed by atoms with Gasteiger partial charge in [0, 0.05) is 28.3 Å². The molecule has 0 N–H and O–H groups in total. The topological polar surface area (TPSA) is 38.7 Å². The van der Waals surface area contributed by atoms with Gasteiger partial charge in [-0.05, 0) is 123 Å². The van der Waals surface area contributed by atoms with Gasteiger partial charge in [-0.15, -0.1) is 89.5 Å². The van der Waals surface area contributed by atoms with Crippen molar-refractivity contribution < 1.29 is 31.1 Å². The van der Waals surface area contributed by atoms with Crippen molar-refractivity contribution in [2.75, 3.05) is 0 Å². The monoisotopic (exact) mass is 1170 g/mol. The van der Waals surface area contributed by atoms with Gasteiger partial charge in [-0.2, -0.15) is 0 Å². The zero-order valence-electron chi connectivity index (χ0n) is 51.8. The molecule has 2 atom stereocenters. The molecule has 1 aliphatic carbocycles. The smallest absolute Gasteiger partial charge is 0.305 e. The number of rotatable bonds is 10. The molecule has 0 amide bonds. The van der Waals surface area contributed by atoms with Crippen LogP contribution in [0.25, 0.3) is 78.3 Å². The third-order valence-corrected chi connectivity index (χ3v) is 15.0. The maximum Gasteiger partial charge on any atom is 3.00 e. The Hall–Kier alpha value is -7.36. The van der Waals surface area contributed by atoms with Crippen molar-refractivity contribution in [2.45, 2.75) is 96.2 Å². The first-order chi connectivity index (χ1) is 39.6. The number of hydrogen-bond acceptors (Lipinski definition) is 3. The van der Waals surface area contributed by atoms with Gasteiger partial charge in [0.05, 0.1) is 6.85 Å². The number of pyridine rings is 3. The fourth-order valence-corrected chi connectivity index (χ4v) is 11.0. The van der Waals surface area contributed by atoms with E-state index in [0.29, 0.717) is 11.3 Å². The van der Waals surface area contributed by atoms with Crippen molar-refractivity contribution in [3.63, 3.8) is 0 Å². The molecular weight excluding hydrogens is 1100 g/mol. The quantitative estimate of drug-likeness (QED) is 0.128. The standard InChI is InChI=1S/C72H64N3.Ir/c1-48-41-68(75-47-67(48)49-17-9-8-10-18-49)53-31-25-50(26-32-53)61-19-11-14-22-64(61)56-42-57(65-23-15-12-20-62(65)51-27-33-54(34-28-51)69-45-59(37-39-73-69)71(2,3)4)44-58(43-56)66-24-16-13-21-63(66)52-29-35-55(36-30-52)70-46-60(38-40-74-70)72(5,6)7;/h8-31,33,35,37-41,45-47,56-58H,42-44H2,1-7H3;/q-3;+3/i1D3,8D,9D,10D,17D,18D;. The minimum Gasteiger partial charge on any atom is -0.305 e. The maximum atomic E-state index is 8.59. The molecule has 376 valence electrons. The van der Waals surface area contributed by atoms with Crippen LogP contribution in [0.15, 0.2) is 207 Å². The Balaban J connectivity index is 0.00000786. The molecule has 0 spiro atoms. The van der Waals surface area contributed by atoms with Gasteiger partial charge in [-0.1, -0.05) is 196 Å². The van der Waals surface area contributed by atoms with Gasteiger partial charge in [0.2, 0.25) is 0 Å². The molecule has 3 heterocycles. The first-order valence-corrected chi connectivity index (χ1v) is 26.0. The molecule has 1 aliphatic rings. The Morgan fingerprint density at radius 2 is 0.842 bits per heavy atom. The summed E-state index contributed by atoms with van der Waals surface area (Å²) in [4.78, 5) is 14.1. The van der Waals surface area contributed by atoms with E-state index in [1.165, 1.54) is 51.2 Å². The molecule has 0 radical (unpaired) electrons. The van der Waals surface area contributed by atoms with Gasteiger partial charge >= 0.3 is 20.1 Å². The first-order valence-electron chi connectivity index (χ1n) is 30.0. The average Bonchev–Trinajstić information content (AvgIpc) is 2.76. The van der Waals surface area contributed by atoms with E-state index < -0.39 is 37.1 Å². The molecule has 2 unspecified atom stereocenters. The van der Waals surface area contributed by atoms with Gasteiger partial charge < -0.3 is 15.0 Å². The van der Waals surface area contributed by atoms with Gasteiger partial charge in [-0.25, -0.2) is 0 Å². The van der Waals surface area contributed by atoms with Crippen LogP contribution in [0.3, 0.4) is 0 Å². The second kappa shape index (κ2) is 22.1. The Labute approximate surface area is 476 Å². The molecule has 76 heavy (non-hydrogen) atoms. The van der Waals surface area contributed by atoms with Crippen molar-refractivity contribution in [2.24, 2.45) is 0 Å².